The lowest BCUT2D eigenvalue weighted by atomic mass is 10.0. The van der Waals surface area contributed by atoms with Gasteiger partial charge >= 0.3 is 0 Å². The van der Waals surface area contributed by atoms with E-state index in [9.17, 15) is 4.79 Å². The molecule has 1 atom stereocenters. The molecular formula is C18H27ClN4OS. The number of fused-ring (bicyclic) bond motifs is 1. The second-order valence-corrected chi connectivity index (χ2v) is 7.73. The molecule has 0 radical (unpaired) electrons. The third-order valence-corrected chi connectivity index (χ3v) is 5.53. The highest BCUT2D eigenvalue weighted by molar-refractivity contribution is 7.18. The molecule has 0 bridgehead atoms. The third kappa shape index (κ3) is 5.38. The molecule has 2 heterocycles. The lowest BCUT2D eigenvalue weighted by Gasteiger charge is -2.36. The molecule has 1 aliphatic heterocycles. The van der Waals surface area contributed by atoms with Gasteiger partial charge in [0.25, 0.3) is 0 Å². The zero-order valence-corrected chi connectivity index (χ0v) is 16.3. The standard InChI is InChI=1S/C18H26N4OS.ClH/c1-13-21-16-6-5-14(10-17(16)24-13)12-22-9-3-2-4-15(22)11-20-18(23)7-8-19;/h5-6,10,15H,2-4,7-9,11-12,19H2,1H3,(H,20,23);1H. The average molecular weight is 383 g/mol. The maximum absolute atomic E-state index is 11.7. The van der Waals surface area contributed by atoms with Crippen molar-refractivity contribution in [3.05, 3.63) is 28.8 Å². The number of nitrogens with zero attached hydrogens (tertiary/aromatic N) is 2. The minimum absolute atomic E-state index is 0. The number of aryl methyl sites for hydroxylation is 1. The second-order valence-electron chi connectivity index (χ2n) is 6.50. The summed E-state index contributed by atoms with van der Waals surface area (Å²) in [4.78, 5) is 18.7. The molecule has 3 rings (SSSR count). The van der Waals surface area contributed by atoms with Crippen molar-refractivity contribution in [1.82, 2.24) is 15.2 Å². The van der Waals surface area contributed by atoms with Crippen molar-refractivity contribution < 1.29 is 4.79 Å². The third-order valence-electron chi connectivity index (χ3n) is 4.60. The molecule has 1 aromatic heterocycles. The molecule has 1 aliphatic rings. The van der Waals surface area contributed by atoms with Gasteiger partial charge in [0, 0.05) is 32.1 Å². The van der Waals surface area contributed by atoms with E-state index in [2.05, 4.69) is 40.3 Å². The van der Waals surface area contributed by atoms with Crippen LogP contribution in [0.3, 0.4) is 0 Å². The minimum atomic E-state index is 0. The summed E-state index contributed by atoms with van der Waals surface area (Å²) in [6.45, 7) is 5.21. The molecule has 2 aromatic rings. The van der Waals surface area contributed by atoms with Gasteiger partial charge in [-0.2, -0.15) is 0 Å². The molecule has 1 aromatic carbocycles. The number of carbonyl (C=O) groups excluding carboxylic acids is 1. The van der Waals surface area contributed by atoms with Crippen molar-refractivity contribution in [1.29, 1.82) is 0 Å². The van der Waals surface area contributed by atoms with Crippen LogP contribution in [0.25, 0.3) is 10.2 Å². The summed E-state index contributed by atoms with van der Waals surface area (Å²) in [6, 6.07) is 6.98. The quantitative estimate of drug-likeness (QED) is 0.805. The average Bonchev–Trinajstić information content (AvgIpc) is 2.94. The largest absolute Gasteiger partial charge is 0.354 e. The van der Waals surface area contributed by atoms with Crippen LogP contribution >= 0.6 is 23.7 Å². The van der Waals surface area contributed by atoms with Gasteiger partial charge in [0.05, 0.1) is 15.2 Å². The van der Waals surface area contributed by atoms with Crippen LogP contribution < -0.4 is 11.1 Å². The Morgan fingerprint density at radius 3 is 3.08 bits per heavy atom. The Kier molecular flexibility index (Phi) is 7.62. The van der Waals surface area contributed by atoms with E-state index < -0.39 is 0 Å². The first-order valence-corrected chi connectivity index (χ1v) is 9.54. The van der Waals surface area contributed by atoms with E-state index >= 15 is 0 Å². The Hall–Kier alpha value is -1.21. The first-order valence-electron chi connectivity index (χ1n) is 8.72. The fourth-order valence-corrected chi connectivity index (χ4v) is 4.26. The maximum atomic E-state index is 11.7. The van der Waals surface area contributed by atoms with E-state index in [4.69, 9.17) is 5.73 Å². The van der Waals surface area contributed by atoms with Crippen LogP contribution in [0.5, 0.6) is 0 Å². The van der Waals surface area contributed by atoms with Gasteiger partial charge in [-0.05, 0) is 44.0 Å². The van der Waals surface area contributed by atoms with Crippen molar-refractivity contribution in [2.24, 2.45) is 5.73 Å². The number of carbonyl (C=O) groups is 1. The highest BCUT2D eigenvalue weighted by atomic mass is 35.5. The smallest absolute Gasteiger partial charge is 0.221 e. The number of rotatable bonds is 6. The summed E-state index contributed by atoms with van der Waals surface area (Å²) < 4.78 is 1.26. The molecule has 0 spiro atoms. The monoisotopic (exact) mass is 382 g/mol. The predicted octanol–water partition coefficient (Wildman–Crippen LogP) is 2.85. The van der Waals surface area contributed by atoms with Crippen molar-refractivity contribution in [2.75, 3.05) is 19.6 Å². The highest BCUT2D eigenvalue weighted by Gasteiger charge is 2.23. The Morgan fingerprint density at radius 2 is 2.28 bits per heavy atom. The minimum Gasteiger partial charge on any atom is -0.354 e. The summed E-state index contributed by atoms with van der Waals surface area (Å²) in [7, 11) is 0. The van der Waals surface area contributed by atoms with Gasteiger partial charge in [-0.1, -0.05) is 12.5 Å². The Balaban J connectivity index is 0.00000225. The zero-order chi connectivity index (χ0) is 16.9. The number of hydrogen-bond donors (Lipinski definition) is 2. The molecule has 5 nitrogen and oxygen atoms in total. The van der Waals surface area contributed by atoms with Gasteiger partial charge in [0.15, 0.2) is 0 Å². The van der Waals surface area contributed by atoms with Crippen LogP contribution in [0.1, 0.15) is 36.3 Å². The molecule has 1 unspecified atom stereocenters. The zero-order valence-electron chi connectivity index (χ0n) is 14.7. The lowest BCUT2D eigenvalue weighted by Crippen LogP contribution is -2.46. The first kappa shape index (κ1) is 20.1. The van der Waals surface area contributed by atoms with Gasteiger partial charge in [-0.3, -0.25) is 9.69 Å². The van der Waals surface area contributed by atoms with Gasteiger partial charge in [0.1, 0.15) is 0 Å². The molecule has 1 fully saturated rings. The van der Waals surface area contributed by atoms with Crippen molar-refractivity contribution in [3.8, 4) is 0 Å². The topological polar surface area (TPSA) is 71.2 Å². The number of amides is 1. The maximum Gasteiger partial charge on any atom is 0.221 e. The number of aromatic nitrogens is 1. The van der Waals surface area contributed by atoms with Crippen LogP contribution in [-0.2, 0) is 11.3 Å². The van der Waals surface area contributed by atoms with Crippen LogP contribution in [0, 0.1) is 6.92 Å². The number of halogens is 1. The molecule has 0 aliphatic carbocycles. The molecule has 1 amide bonds. The number of hydrogen-bond acceptors (Lipinski definition) is 5. The summed E-state index contributed by atoms with van der Waals surface area (Å²) in [5, 5.41) is 4.15. The summed E-state index contributed by atoms with van der Waals surface area (Å²) >= 11 is 1.75. The molecule has 138 valence electrons. The van der Waals surface area contributed by atoms with Crippen LogP contribution in [0.15, 0.2) is 18.2 Å². The predicted molar refractivity (Wildman–Crippen MR) is 106 cm³/mol. The molecular weight excluding hydrogens is 356 g/mol. The summed E-state index contributed by atoms with van der Waals surface area (Å²) in [5.74, 6) is 0.0598. The molecule has 7 heteroatoms. The normalized spacial score (nSPS) is 18.1. The fourth-order valence-electron chi connectivity index (χ4n) is 3.37. The van der Waals surface area contributed by atoms with E-state index in [1.165, 1.54) is 23.1 Å². The lowest BCUT2D eigenvalue weighted by molar-refractivity contribution is -0.121. The number of piperidine rings is 1. The van der Waals surface area contributed by atoms with Crippen molar-refractivity contribution >= 4 is 39.9 Å². The van der Waals surface area contributed by atoms with E-state index in [1.807, 2.05) is 0 Å². The molecule has 3 N–H and O–H groups in total. The van der Waals surface area contributed by atoms with Gasteiger partial charge < -0.3 is 11.1 Å². The summed E-state index contributed by atoms with van der Waals surface area (Å²) in [6.07, 6.45) is 4.02. The summed E-state index contributed by atoms with van der Waals surface area (Å²) in [5.41, 5.74) is 7.85. The number of nitrogens with two attached hydrogens (primary N) is 1. The Morgan fingerprint density at radius 1 is 1.44 bits per heavy atom. The van der Waals surface area contributed by atoms with E-state index in [1.54, 1.807) is 11.3 Å². The van der Waals surface area contributed by atoms with Crippen molar-refractivity contribution in [2.45, 2.75) is 45.2 Å². The number of nitrogens with one attached hydrogen (secondary N) is 1. The van der Waals surface area contributed by atoms with E-state index in [0.717, 1.165) is 36.6 Å². The van der Waals surface area contributed by atoms with E-state index in [0.29, 0.717) is 19.0 Å². The SMILES string of the molecule is Cc1nc2ccc(CN3CCCCC3CNC(=O)CCN)cc2s1.Cl. The number of likely N-dealkylation sites (tertiary alicyclic amines) is 1. The molecule has 25 heavy (non-hydrogen) atoms. The number of thiazole rings is 1. The van der Waals surface area contributed by atoms with Crippen LogP contribution in [0.2, 0.25) is 0 Å². The Labute approximate surface area is 159 Å². The molecule has 1 saturated heterocycles. The fraction of sp³-hybridized carbons (Fsp3) is 0.556. The second kappa shape index (κ2) is 9.48. The molecule has 0 saturated carbocycles. The number of benzene rings is 1. The van der Waals surface area contributed by atoms with Crippen molar-refractivity contribution in [3.63, 3.8) is 0 Å². The van der Waals surface area contributed by atoms with Gasteiger partial charge in [0.2, 0.25) is 5.91 Å². The van der Waals surface area contributed by atoms with Gasteiger partial charge in [-0.15, -0.1) is 23.7 Å². The van der Waals surface area contributed by atoms with E-state index in [-0.39, 0.29) is 18.3 Å². The van der Waals surface area contributed by atoms with Crippen LogP contribution in [0.4, 0.5) is 0 Å². The first-order chi connectivity index (χ1) is 11.7. The Bertz CT molecular complexity index is 705. The highest BCUT2D eigenvalue weighted by Crippen LogP contribution is 2.25. The van der Waals surface area contributed by atoms with Gasteiger partial charge in [-0.25, -0.2) is 4.98 Å². The van der Waals surface area contributed by atoms with Crippen LogP contribution in [-0.4, -0.2) is 41.5 Å².